The van der Waals surface area contributed by atoms with Crippen LogP contribution in [0.2, 0.25) is 0 Å². The zero-order valence-corrected chi connectivity index (χ0v) is 15.1. The molecular formula is C21H22N4O. The normalized spacial score (nSPS) is 14.0. The first-order valence-electron chi connectivity index (χ1n) is 9.01. The molecule has 0 saturated carbocycles. The molecular weight excluding hydrogens is 324 g/mol. The van der Waals surface area contributed by atoms with Crippen LogP contribution in [0, 0.1) is 13.8 Å². The number of likely N-dealkylation sites (tertiary alicyclic amines) is 1. The second-order valence-electron chi connectivity index (χ2n) is 6.82. The fraction of sp³-hybridized carbons (Fsp3) is 0.286. The predicted octanol–water partition coefficient (Wildman–Crippen LogP) is 3.79. The number of nitrogens with zero attached hydrogens (tertiary/aromatic N) is 4. The number of hydrogen-bond donors (Lipinski definition) is 0. The molecule has 1 aliphatic rings. The Morgan fingerprint density at radius 1 is 1.04 bits per heavy atom. The van der Waals surface area contributed by atoms with Crippen molar-refractivity contribution in [2.75, 3.05) is 13.1 Å². The minimum atomic E-state index is 0.0980. The van der Waals surface area contributed by atoms with Crippen LogP contribution in [-0.4, -0.2) is 38.7 Å². The van der Waals surface area contributed by atoms with Crippen LogP contribution in [-0.2, 0) is 0 Å². The Morgan fingerprint density at radius 2 is 1.85 bits per heavy atom. The monoisotopic (exact) mass is 346 g/mol. The number of aromatic nitrogens is 3. The van der Waals surface area contributed by atoms with Crippen LogP contribution >= 0.6 is 0 Å². The molecule has 1 fully saturated rings. The van der Waals surface area contributed by atoms with Gasteiger partial charge in [0.1, 0.15) is 0 Å². The van der Waals surface area contributed by atoms with E-state index in [-0.39, 0.29) is 5.91 Å². The highest BCUT2D eigenvalue weighted by Crippen LogP contribution is 2.23. The first kappa shape index (κ1) is 16.5. The largest absolute Gasteiger partial charge is 0.339 e. The van der Waals surface area contributed by atoms with Gasteiger partial charge in [-0.05, 0) is 57.0 Å². The summed E-state index contributed by atoms with van der Waals surface area (Å²) in [5.41, 5.74) is 5.55. The predicted molar refractivity (Wildman–Crippen MR) is 101 cm³/mol. The Hall–Kier alpha value is -2.95. The fourth-order valence-electron chi connectivity index (χ4n) is 3.51. The average Bonchev–Trinajstić information content (AvgIpc) is 3.31. The summed E-state index contributed by atoms with van der Waals surface area (Å²) in [5, 5.41) is 4.55. The number of pyridine rings is 1. The second-order valence-corrected chi connectivity index (χ2v) is 6.82. The summed E-state index contributed by atoms with van der Waals surface area (Å²) in [4.78, 5) is 19.1. The van der Waals surface area contributed by atoms with Crippen LogP contribution in [0.1, 0.15) is 34.6 Å². The van der Waals surface area contributed by atoms with Crippen LogP contribution in [0.25, 0.3) is 16.9 Å². The highest BCUT2D eigenvalue weighted by Gasteiger charge is 2.20. The van der Waals surface area contributed by atoms with Gasteiger partial charge in [0.2, 0.25) is 0 Å². The van der Waals surface area contributed by atoms with Gasteiger partial charge in [-0.25, -0.2) is 4.68 Å². The molecule has 4 rings (SSSR count). The maximum atomic E-state index is 12.7. The van der Waals surface area contributed by atoms with Gasteiger partial charge in [-0.1, -0.05) is 12.1 Å². The summed E-state index contributed by atoms with van der Waals surface area (Å²) in [6.07, 6.45) is 3.90. The van der Waals surface area contributed by atoms with Gasteiger partial charge < -0.3 is 4.90 Å². The van der Waals surface area contributed by atoms with E-state index in [9.17, 15) is 4.79 Å². The van der Waals surface area contributed by atoms with Crippen LogP contribution in [0.15, 0.2) is 48.7 Å². The minimum Gasteiger partial charge on any atom is -0.339 e. The molecule has 1 amide bonds. The second kappa shape index (κ2) is 6.75. The number of benzene rings is 1. The van der Waals surface area contributed by atoms with Crippen molar-refractivity contribution in [3.8, 4) is 16.9 Å². The van der Waals surface area contributed by atoms with Gasteiger partial charge in [0.25, 0.3) is 5.91 Å². The molecule has 0 N–H and O–H groups in total. The van der Waals surface area contributed by atoms with Crippen molar-refractivity contribution in [2.24, 2.45) is 0 Å². The molecule has 0 spiro atoms. The van der Waals surface area contributed by atoms with Crippen molar-refractivity contribution >= 4 is 5.91 Å². The minimum absolute atomic E-state index is 0.0980. The van der Waals surface area contributed by atoms with Gasteiger partial charge in [-0.2, -0.15) is 5.10 Å². The Morgan fingerprint density at radius 3 is 2.58 bits per heavy atom. The summed E-state index contributed by atoms with van der Waals surface area (Å²) >= 11 is 0. The van der Waals surface area contributed by atoms with E-state index in [1.807, 2.05) is 47.7 Å². The summed E-state index contributed by atoms with van der Waals surface area (Å²) in [6, 6.07) is 13.9. The molecule has 5 heteroatoms. The number of carbonyl (C=O) groups excluding carboxylic acids is 1. The Bertz CT molecular complexity index is 954. The van der Waals surface area contributed by atoms with Crippen LogP contribution < -0.4 is 0 Å². The third-order valence-corrected chi connectivity index (χ3v) is 4.80. The highest BCUT2D eigenvalue weighted by molar-refractivity contribution is 5.95. The van der Waals surface area contributed by atoms with Gasteiger partial charge >= 0.3 is 0 Å². The molecule has 2 aromatic heterocycles. The lowest BCUT2D eigenvalue weighted by molar-refractivity contribution is 0.0792. The van der Waals surface area contributed by atoms with Crippen molar-refractivity contribution in [1.82, 2.24) is 19.7 Å². The zero-order chi connectivity index (χ0) is 18.1. The van der Waals surface area contributed by atoms with Crippen molar-refractivity contribution in [1.29, 1.82) is 0 Å². The van der Waals surface area contributed by atoms with Gasteiger partial charge in [0.15, 0.2) is 0 Å². The SMILES string of the molecule is Cc1cc(C)n(-c2cccc(-c3cc(C(=O)N4CCCC4)ccn3)c2)n1. The van der Waals surface area contributed by atoms with Crippen molar-refractivity contribution < 1.29 is 4.79 Å². The van der Waals surface area contributed by atoms with E-state index in [0.717, 1.165) is 54.3 Å². The number of carbonyl (C=O) groups is 1. The molecule has 5 nitrogen and oxygen atoms in total. The van der Waals surface area contributed by atoms with E-state index in [2.05, 4.69) is 22.2 Å². The van der Waals surface area contributed by atoms with Crippen LogP contribution in [0.5, 0.6) is 0 Å². The lowest BCUT2D eigenvalue weighted by atomic mass is 10.1. The van der Waals surface area contributed by atoms with E-state index in [1.54, 1.807) is 12.3 Å². The molecule has 0 bridgehead atoms. The van der Waals surface area contributed by atoms with E-state index < -0.39 is 0 Å². The lowest BCUT2D eigenvalue weighted by Crippen LogP contribution is -2.27. The summed E-state index contributed by atoms with van der Waals surface area (Å²) in [6.45, 7) is 5.73. The molecule has 1 aromatic carbocycles. The van der Waals surface area contributed by atoms with Crippen LogP contribution in [0.4, 0.5) is 0 Å². The maximum absolute atomic E-state index is 12.7. The summed E-state index contributed by atoms with van der Waals surface area (Å²) in [5.74, 6) is 0.0980. The standard InChI is InChI=1S/C21H22N4O/c1-15-12-16(2)25(23-15)19-7-5-6-17(13-19)20-14-18(8-9-22-20)21(26)24-10-3-4-11-24/h5-9,12-14H,3-4,10-11H2,1-2H3. The average molecular weight is 346 g/mol. The van der Waals surface area contributed by atoms with Crippen molar-refractivity contribution in [3.05, 3.63) is 65.6 Å². The Kier molecular flexibility index (Phi) is 4.29. The topological polar surface area (TPSA) is 51.0 Å². The van der Waals surface area contributed by atoms with E-state index >= 15 is 0 Å². The van der Waals surface area contributed by atoms with Crippen molar-refractivity contribution in [3.63, 3.8) is 0 Å². The quantitative estimate of drug-likeness (QED) is 0.725. The van der Waals surface area contributed by atoms with Gasteiger partial charge in [0, 0.05) is 36.1 Å². The molecule has 0 radical (unpaired) electrons. The van der Waals surface area contributed by atoms with Crippen LogP contribution in [0.3, 0.4) is 0 Å². The fourth-order valence-corrected chi connectivity index (χ4v) is 3.51. The third-order valence-electron chi connectivity index (χ3n) is 4.80. The zero-order valence-electron chi connectivity index (χ0n) is 15.1. The highest BCUT2D eigenvalue weighted by atomic mass is 16.2. The molecule has 26 heavy (non-hydrogen) atoms. The number of rotatable bonds is 3. The molecule has 0 unspecified atom stereocenters. The van der Waals surface area contributed by atoms with Gasteiger partial charge in [-0.3, -0.25) is 9.78 Å². The summed E-state index contributed by atoms with van der Waals surface area (Å²) in [7, 11) is 0. The first-order valence-corrected chi connectivity index (χ1v) is 9.01. The first-order chi connectivity index (χ1) is 12.6. The van der Waals surface area contributed by atoms with Crippen molar-refractivity contribution in [2.45, 2.75) is 26.7 Å². The smallest absolute Gasteiger partial charge is 0.253 e. The van der Waals surface area contributed by atoms with Gasteiger partial charge in [0.05, 0.1) is 17.1 Å². The maximum Gasteiger partial charge on any atom is 0.253 e. The Balaban J connectivity index is 1.68. The third kappa shape index (κ3) is 3.12. The molecule has 132 valence electrons. The Labute approximate surface area is 153 Å². The molecule has 1 saturated heterocycles. The lowest BCUT2D eigenvalue weighted by Gasteiger charge is -2.15. The molecule has 0 aliphatic carbocycles. The van der Waals surface area contributed by atoms with E-state index in [1.165, 1.54) is 0 Å². The number of aryl methyl sites for hydroxylation is 2. The molecule has 3 heterocycles. The van der Waals surface area contributed by atoms with E-state index in [4.69, 9.17) is 0 Å². The van der Waals surface area contributed by atoms with Gasteiger partial charge in [-0.15, -0.1) is 0 Å². The molecule has 3 aromatic rings. The molecule has 0 atom stereocenters. The number of hydrogen-bond acceptors (Lipinski definition) is 3. The molecule has 1 aliphatic heterocycles. The summed E-state index contributed by atoms with van der Waals surface area (Å²) < 4.78 is 1.93. The number of amides is 1. The van der Waals surface area contributed by atoms with E-state index in [0.29, 0.717) is 5.56 Å².